The minimum atomic E-state index is -0.514. The summed E-state index contributed by atoms with van der Waals surface area (Å²) in [7, 11) is 0. The fraction of sp³-hybridized carbons (Fsp3) is 0.235. The first-order chi connectivity index (χ1) is 10.4. The van der Waals surface area contributed by atoms with E-state index in [9.17, 15) is 14.9 Å². The average Bonchev–Trinajstić information content (AvgIpc) is 2.79. The predicted molar refractivity (Wildman–Crippen MR) is 84.2 cm³/mol. The summed E-state index contributed by atoms with van der Waals surface area (Å²) in [6.07, 6.45) is 0. The molecule has 0 aromatic heterocycles. The second kappa shape index (κ2) is 4.94. The Morgan fingerprint density at radius 3 is 2.50 bits per heavy atom. The summed E-state index contributed by atoms with van der Waals surface area (Å²) < 4.78 is 0. The highest BCUT2D eigenvalue weighted by molar-refractivity contribution is 6.10. The van der Waals surface area contributed by atoms with Gasteiger partial charge in [0.2, 0.25) is 0 Å². The summed E-state index contributed by atoms with van der Waals surface area (Å²) >= 11 is 0. The molecule has 1 aliphatic heterocycles. The number of para-hydroxylation sites is 2. The van der Waals surface area contributed by atoms with Crippen LogP contribution in [-0.4, -0.2) is 17.4 Å². The maximum atomic E-state index is 12.8. The second-order valence-electron chi connectivity index (χ2n) is 6.07. The van der Waals surface area contributed by atoms with Crippen LogP contribution < -0.4 is 4.90 Å². The molecule has 1 amide bonds. The molecule has 0 N–H and O–H groups in total. The lowest BCUT2D eigenvalue weighted by atomic mass is 9.87. The molecule has 1 heterocycles. The minimum Gasteiger partial charge on any atom is -0.307 e. The molecule has 22 heavy (non-hydrogen) atoms. The molecule has 0 fully saturated rings. The van der Waals surface area contributed by atoms with Gasteiger partial charge in [-0.3, -0.25) is 14.9 Å². The Bertz CT molecular complexity index is 768. The number of rotatable bonds is 2. The number of anilines is 1. The van der Waals surface area contributed by atoms with Crippen LogP contribution in [0.5, 0.6) is 0 Å². The van der Waals surface area contributed by atoms with E-state index in [-0.39, 0.29) is 22.6 Å². The molecule has 0 atom stereocenters. The zero-order chi connectivity index (χ0) is 15.9. The average molecular weight is 296 g/mol. The third-order valence-electron chi connectivity index (χ3n) is 4.05. The quantitative estimate of drug-likeness (QED) is 0.629. The Hall–Kier alpha value is -2.69. The van der Waals surface area contributed by atoms with Crippen molar-refractivity contribution in [1.29, 1.82) is 0 Å². The van der Waals surface area contributed by atoms with Gasteiger partial charge < -0.3 is 4.90 Å². The van der Waals surface area contributed by atoms with Gasteiger partial charge in [-0.05, 0) is 17.7 Å². The maximum Gasteiger partial charge on any atom is 0.282 e. The molecule has 0 unspecified atom stereocenters. The molecule has 2 aromatic rings. The number of fused-ring (bicyclic) bond motifs is 1. The number of carbonyl (C=O) groups is 1. The summed E-state index contributed by atoms with van der Waals surface area (Å²) in [6, 6.07) is 13.8. The number of nitrogens with zero attached hydrogens (tertiary/aromatic N) is 2. The number of amides is 1. The number of hydrogen-bond acceptors (Lipinski definition) is 3. The van der Waals surface area contributed by atoms with E-state index in [0.29, 0.717) is 6.54 Å². The van der Waals surface area contributed by atoms with Crippen molar-refractivity contribution in [2.75, 3.05) is 11.4 Å². The van der Waals surface area contributed by atoms with Gasteiger partial charge in [-0.2, -0.15) is 0 Å². The summed E-state index contributed by atoms with van der Waals surface area (Å²) in [4.78, 5) is 25.1. The first-order valence-corrected chi connectivity index (χ1v) is 7.06. The van der Waals surface area contributed by atoms with Gasteiger partial charge in [-0.15, -0.1) is 0 Å². The van der Waals surface area contributed by atoms with Crippen molar-refractivity contribution in [2.24, 2.45) is 0 Å². The zero-order valence-electron chi connectivity index (χ0n) is 12.4. The van der Waals surface area contributed by atoms with Crippen LogP contribution in [0.15, 0.2) is 48.5 Å². The van der Waals surface area contributed by atoms with Crippen molar-refractivity contribution in [3.8, 4) is 0 Å². The van der Waals surface area contributed by atoms with Gasteiger partial charge in [0, 0.05) is 23.7 Å². The summed E-state index contributed by atoms with van der Waals surface area (Å²) in [5.74, 6) is -0.328. The minimum absolute atomic E-state index is 0.125. The van der Waals surface area contributed by atoms with E-state index in [1.165, 1.54) is 12.1 Å². The van der Waals surface area contributed by atoms with Crippen molar-refractivity contribution in [1.82, 2.24) is 0 Å². The van der Waals surface area contributed by atoms with Crippen LogP contribution in [0.25, 0.3) is 0 Å². The van der Waals surface area contributed by atoms with Crippen LogP contribution in [0.2, 0.25) is 0 Å². The van der Waals surface area contributed by atoms with Crippen LogP contribution in [0, 0.1) is 10.1 Å². The van der Waals surface area contributed by atoms with Crippen LogP contribution in [-0.2, 0) is 5.41 Å². The maximum absolute atomic E-state index is 12.8. The van der Waals surface area contributed by atoms with E-state index in [1.807, 2.05) is 24.3 Å². The van der Waals surface area contributed by atoms with E-state index in [0.717, 1.165) is 11.3 Å². The van der Waals surface area contributed by atoms with E-state index in [4.69, 9.17) is 0 Å². The molecule has 3 rings (SSSR count). The normalized spacial score (nSPS) is 15.5. The second-order valence-corrected chi connectivity index (χ2v) is 6.07. The Kier molecular flexibility index (Phi) is 3.20. The van der Waals surface area contributed by atoms with Gasteiger partial charge in [0.25, 0.3) is 11.6 Å². The largest absolute Gasteiger partial charge is 0.307 e. The highest BCUT2D eigenvalue weighted by Gasteiger charge is 2.39. The molecule has 5 nitrogen and oxygen atoms in total. The monoisotopic (exact) mass is 296 g/mol. The number of nitro benzene ring substituents is 1. The molecule has 0 saturated carbocycles. The molecule has 0 aliphatic carbocycles. The fourth-order valence-corrected chi connectivity index (χ4v) is 2.99. The van der Waals surface area contributed by atoms with Crippen molar-refractivity contribution in [3.63, 3.8) is 0 Å². The lowest BCUT2D eigenvalue weighted by Crippen LogP contribution is -2.34. The van der Waals surface area contributed by atoms with Gasteiger partial charge in [0.05, 0.1) is 4.92 Å². The standard InChI is InChI=1S/C17H16N2O3/c1-17(2)11-18(15-10-6-4-8-13(15)17)16(20)12-7-3-5-9-14(12)19(21)22/h3-10H,11H2,1-2H3. The Balaban J connectivity index is 2.07. The molecular weight excluding hydrogens is 280 g/mol. The van der Waals surface area contributed by atoms with Crippen molar-refractivity contribution < 1.29 is 9.72 Å². The van der Waals surface area contributed by atoms with Crippen molar-refractivity contribution in [3.05, 3.63) is 69.8 Å². The highest BCUT2D eigenvalue weighted by Crippen LogP contribution is 2.41. The number of benzene rings is 2. The fourth-order valence-electron chi connectivity index (χ4n) is 2.99. The number of carbonyl (C=O) groups excluding carboxylic acids is 1. The third-order valence-corrected chi connectivity index (χ3v) is 4.05. The first kappa shape index (κ1) is 14.3. The summed E-state index contributed by atoms with van der Waals surface area (Å²) in [5, 5.41) is 11.1. The SMILES string of the molecule is CC1(C)CN(C(=O)c2ccccc2[N+](=O)[O-])c2ccccc21. The topological polar surface area (TPSA) is 63.5 Å². The summed E-state index contributed by atoms with van der Waals surface area (Å²) in [5.41, 5.74) is 1.71. The zero-order valence-corrected chi connectivity index (χ0v) is 12.4. The van der Waals surface area contributed by atoms with Gasteiger partial charge in [0.15, 0.2) is 0 Å². The van der Waals surface area contributed by atoms with E-state index in [2.05, 4.69) is 13.8 Å². The molecule has 2 aromatic carbocycles. The van der Waals surface area contributed by atoms with Crippen molar-refractivity contribution in [2.45, 2.75) is 19.3 Å². The van der Waals surface area contributed by atoms with Gasteiger partial charge in [-0.1, -0.05) is 44.2 Å². The molecule has 0 radical (unpaired) electrons. The Morgan fingerprint density at radius 2 is 1.77 bits per heavy atom. The Labute approximate surface area is 128 Å². The molecule has 1 aliphatic rings. The van der Waals surface area contributed by atoms with E-state index < -0.39 is 4.92 Å². The Morgan fingerprint density at radius 1 is 1.14 bits per heavy atom. The van der Waals surface area contributed by atoms with E-state index >= 15 is 0 Å². The first-order valence-electron chi connectivity index (χ1n) is 7.06. The van der Waals surface area contributed by atoms with Gasteiger partial charge in [-0.25, -0.2) is 0 Å². The number of nitro groups is 1. The lowest BCUT2D eigenvalue weighted by Gasteiger charge is -2.20. The lowest BCUT2D eigenvalue weighted by molar-refractivity contribution is -0.385. The molecule has 0 bridgehead atoms. The molecule has 5 heteroatoms. The van der Waals surface area contributed by atoms with Crippen LogP contribution >= 0.6 is 0 Å². The van der Waals surface area contributed by atoms with Crippen LogP contribution in [0.1, 0.15) is 29.8 Å². The molecule has 0 saturated heterocycles. The predicted octanol–water partition coefficient (Wildman–Crippen LogP) is 3.53. The van der Waals surface area contributed by atoms with Gasteiger partial charge in [0.1, 0.15) is 5.56 Å². The molecule has 0 spiro atoms. The third kappa shape index (κ3) is 2.15. The summed E-state index contributed by atoms with van der Waals surface area (Å²) in [6.45, 7) is 4.65. The number of hydrogen-bond donors (Lipinski definition) is 0. The van der Waals surface area contributed by atoms with Crippen molar-refractivity contribution >= 4 is 17.3 Å². The van der Waals surface area contributed by atoms with Crippen LogP contribution in [0.4, 0.5) is 11.4 Å². The van der Waals surface area contributed by atoms with E-state index in [1.54, 1.807) is 17.0 Å². The van der Waals surface area contributed by atoms with Crippen LogP contribution in [0.3, 0.4) is 0 Å². The highest BCUT2D eigenvalue weighted by atomic mass is 16.6. The smallest absolute Gasteiger partial charge is 0.282 e. The molecule has 112 valence electrons. The molecular formula is C17H16N2O3. The van der Waals surface area contributed by atoms with Gasteiger partial charge >= 0.3 is 0 Å².